The fourth-order valence-corrected chi connectivity index (χ4v) is 2.30. The van der Waals surface area contributed by atoms with Crippen molar-refractivity contribution >= 4 is 0 Å². The summed E-state index contributed by atoms with van der Waals surface area (Å²) in [5.41, 5.74) is -0.277. The molecule has 0 amide bonds. The Bertz CT molecular complexity index is 170. The molecule has 13 heavy (non-hydrogen) atoms. The topological polar surface area (TPSA) is 9.23 Å². The average molecular weight is 180 g/mol. The predicted molar refractivity (Wildman–Crippen MR) is 56.7 cm³/mol. The second-order valence-corrected chi connectivity index (χ2v) is 3.80. The Kier molecular flexibility index (Phi) is 3.73. The van der Waals surface area contributed by atoms with Gasteiger partial charge in [0.1, 0.15) is 5.60 Å². The summed E-state index contributed by atoms with van der Waals surface area (Å²) in [6.07, 6.45) is 10.3. The van der Waals surface area contributed by atoms with Crippen molar-refractivity contribution in [2.45, 2.75) is 37.7 Å². The highest BCUT2D eigenvalue weighted by molar-refractivity contribution is 5.13. The third-order valence-electron chi connectivity index (χ3n) is 3.23. The molecule has 1 aliphatic carbocycles. The van der Waals surface area contributed by atoms with E-state index < -0.39 is 0 Å². The quantitative estimate of drug-likeness (QED) is 0.603. The van der Waals surface area contributed by atoms with Crippen LogP contribution in [0.1, 0.15) is 32.1 Å². The molecule has 0 unspecified atom stereocenters. The van der Waals surface area contributed by atoms with Crippen molar-refractivity contribution in [2.24, 2.45) is 5.92 Å². The van der Waals surface area contributed by atoms with Gasteiger partial charge in [0, 0.05) is 7.11 Å². The maximum atomic E-state index is 5.54. The predicted octanol–water partition coefficient (Wildman–Crippen LogP) is 3.32. The second kappa shape index (κ2) is 4.61. The van der Waals surface area contributed by atoms with Crippen LogP contribution >= 0.6 is 0 Å². The van der Waals surface area contributed by atoms with E-state index in [2.05, 4.69) is 13.2 Å². The normalized spacial score (nSPS) is 19.8. The summed E-state index contributed by atoms with van der Waals surface area (Å²) in [6, 6.07) is 0. The van der Waals surface area contributed by atoms with Crippen LogP contribution in [0.4, 0.5) is 0 Å². The van der Waals surface area contributed by atoms with Gasteiger partial charge in [-0.3, -0.25) is 0 Å². The van der Waals surface area contributed by atoms with Gasteiger partial charge in [0.15, 0.2) is 0 Å². The first kappa shape index (κ1) is 10.5. The highest BCUT2D eigenvalue weighted by Gasteiger charge is 2.33. The minimum Gasteiger partial charge on any atom is -0.370 e. The van der Waals surface area contributed by atoms with Gasteiger partial charge in [0.2, 0.25) is 0 Å². The maximum absolute atomic E-state index is 5.54. The van der Waals surface area contributed by atoms with E-state index in [0.717, 1.165) is 0 Å². The van der Waals surface area contributed by atoms with Crippen molar-refractivity contribution < 1.29 is 4.74 Å². The molecule has 0 spiro atoms. The summed E-state index contributed by atoms with van der Waals surface area (Å²) in [6.45, 7) is 7.71. The average Bonchev–Trinajstić information content (AvgIpc) is 2.23. The molecule has 0 N–H and O–H groups in total. The summed E-state index contributed by atoms with van der Waals surface area (Å²) < 4.78 is 5.54. The van der Waals surface area contributed by atoms with Crippen LogP contribution in [0.3, 0.4) is 0 Å². The molecule has 1 fully saturated rings. The summed E-state index contributed by atoms with van der Waals surface area (Å²) >= 11 is 0. The Morgan fingerprint density at radius 1 is 1.15 bits per heavy atom. The van der Waals surface area contributed by atoms with Crippen molar-refractivity contribution in [3.8, 4) is 0 Å². The minimum absolute atomic E-state index is 0.277. The summed E-state index contributed by atoms with van der Waals surface area (Å²) in [7, 11) is 1.75. The lowest BCUT2D eigenvalue weighted by atomic mass is 9.77. The second-order valence-electron chi connectivity index (χ2n) is 3.80. The molecule has 0 aromatic carbocycles. The van der Waals surface area contributed by atoms with E-state index in [1.165, 1.54) is 32.1 Å². The van der Waals surface area contributed by atoms with Crippen molar-refractivity contribution in [2.75, 3.05) is 7.11 Å². The van der Waals surface area contributed by atoms with Gasteiger partial charge in [-0.25, -0.2) is 0 Å². The number of methoxy groups -OCH3 is 1. The molecule has 1 heteroatoms. The number of hydrogen-bond acceptors (Lipinski definition) is 1. The molecule has 0 bridgehead atoms. The first-order chi connectivity index (χ1) is 6.29. The zero-order valence-corrected chi connectivity index (χ0v) is 8.59. The fraction of sp³-hybridized carbons (Fsp3) is 0.667. The van der Waals surface area contributed by atoms with Crippen molar-refractivity contribution in [3.63, 3.8) is 0 Å². The Morgan fingerprint density at radius 2 is 1.69 bits per heavy atom. The molecule has 0 atom stereocenters. The zero-order valence-electron chi connectivity index (χ0n) is 8.59. The summed E-state index contributed by atoms with van der Waals surface area (Å²) in [4.78, 5) is 0. The van der Waals surface area contributed by atoms with E-state index in [1.54, 1.807) is 7.11 Å². The molecule has 1 aliphatic rings. The molecule has 74 valence electrons. The van der Waals surface area contributed by atoms with Gasteiger partial charge in [-0.05, 0) is 18.8 Å². The lowest BCUT2D eigenvalue weighted by molar-refractivity contribution is 0.00852. The first-order valence-electron chi connectivity index (χ1n) is 5.11. The van der Waals surface area contributed by atoms with Gasteiger partial charge < -0.3 is 4.74 Å². The van der Waals surface area contributed by atoms with Crippen LogP contribution in [0.15, 0.2) is 25.3 Å². The van der Waals surface area contributed by atoms with Gasteiger partial charge in [0.05, 0.1) is 0 Å². The third-order valence-corrected chi connectivity index (χ3v) is 3.23. The maximum Gasteiger partial charge on any atom is 0.106 e. The van der Waals surface area contributed by atoms with Crippen LogP contribution in [0.2, 0.25) is 0 Å². The molecule has 0 aromatic rings. The van der Waals surface area contributed by atoms with Gasteiger partial charge >= 0.3 is 0 Å². The molecular weight excluding hydrogens is 160 g/mol. The van der Waals surface area contributed by atoms with E-state index in [1.807, 2.05) is 12.2 Å². The van der Waals surface area contributed by atoms with Crippen LogP contribution in [0.25, 0.3) is 0 Å². The fourth-order valence-electron chi connectivity index (χ4n) is 2.30. The van der Waals surface area contributed by atoms with E-state index in [4.69, 9.17) is 4.74 Å². The van der Waals surface area contributed by atoms with Crippen molar-refractivity contribution in [3.05, 3.63) is 25.3 Å². The van der Waals surface area contributed by atoms with Gasteiger partial charge in [0.25, 0.3) is 0 Å². The lowest BCUT2D eigenvalue weighted by Gasteiger charge is -2.36. The Hall–Kier alpha value is -0.560. The van der Waals surface area contributed by atoms with Crippen LogP contribution in [-0.4, -0.2) is 12.7 Å². The number of rotatable bonds is 4. The summed E-state index contributed by atoms with van der Waals surface area (Å²) in [5.74, 6) is 0.584. The van der Waals surface area contributed by atoms with Crippen LogP contribution in [0, 0.1) is 5.92 Å². The highest BCUT2D eigenvalue weighted by Crippen LogP contribution is 2.36. The zero-order chi connectivity index (χ0) is 9.73. The Balaban J connectivity index is 2.72. The van der Waals surface area contributed by atoms with Crippen molar-refractivity contribution in [1.29, 1.82) is 0 Å². The molecule has 0 saturated heterocycles. The molecule has 0 radical (unpaired) electrons. The molecule has 0 aromatic heterocycles. The summed E-state index contributed by atoms with van der Waals surface area (Å²) in [5, 5.41) is 0. The van der Waals surface area contributed by atoms with E-state index in [-0.39, 0.29) is 5.60 Å². The van der Waals surface area contributed by atoms with Crippen LogP contribution in [0.5, 0.6) is 0 Å². The molecule has 1 nitrogen and oxygen atoms in total. The molecular formula is C12H20O. The van der Waals surface area contributed by atoms with E-state index >= 15 is 0 Å². The Morgan fingerprint density at radius 3 is 2.08 bits per heavy atom. The largest absolute Gasteiger partial charge is 0.370 e. The smallest absolute Gasteiger partial charge is 0.106 e. The molecule has 0 aliphatic heterocycles. The minimum atomic E-state index is -0.277. The van der Waals surface area contributed by atoms with Crippen molar-refractivity contribution in [1.82, 2.24) is 0 Å². The third kappa shape index (κ3) is 2.02. The first-order valence-corrected chi connectivity index (χ1v) is 5.11. The number of hydrogen-bond donors (Lipinski definition) is 0. The lowest BCUT2D eigenvalue weighted by Crippen LogP contribution is -2.36. The van der Waals surface area contributed by atoms with E-state index in [9.17, 15) is 0 Å². The highest BCUT2D eigenvalue weighted by atomic mass is 16.5. The van der Waals surface area contributed by atoms with Crippen LogP contribution in [-0.2, 0) is 4.74 Å². The molecule has 1 rings (SSSR count). The van der Waals surface area contributed by atoms with Gasteiger partial charge in [-0.1, -0.05) is 44.6 Å². The molecule has 0 heterocycles. The monoisotopic (exact) mass is 180 g/mol. The van der Waals surface area contributed by atoms with Gasteiger partial charge in [-0.15, -0.1) is 0 Å². The number of ether oxygens (including phenoxy) is 1. The molecule has 1 saturated carbocycles. The van der Waals surface area contributed by atoms with Gasteiger partial charge in [-0.2, -0.15) is 0 Å². The van der Waals surface area contributed by atoms with Crippen LogP contribution < -0.4 is 0 Å². The Labute approximate surface area is 81.5 Å². The standard InChI is InChI=1S/C12H20O/c1-4-12(5-2,13-3)11-9-7-6-8-10-11/h4-5,11H,1-2,6-10H2,3H3. The van der Waals surface area contributed by atoms with E-state index in [0.29, 0.717) is 5.92 Å². The SMILES string of the molecule is C=CC(C=C)(OC)C1CCCCC1.